The minimum Gasteiger partial charge on any atom is -0.507 e. The molecule has 1 unspecified atom stereocenters. The van der Waals surface area contributed by atoms with Crippen LogP contribution in [-0.4, -0.2) is 93.8 Å². The summed E-state index contributed by atoms with van der Waals surface area (Å²) in [4.78, 5) is 62.1. The van der Waals surface area contributed by atoms with Gasteiger partial charge in [0, 0.05) is 34.4 Å². The van der Waals surface area contributed by atoms with Gasteiger partial charge in [0.1, 0.15) is 27.6 Å². The normalized spacial score (nSPS) is 17.7. The molecule has 24 heteroatoms. The van der Waals surface area contributed by atoms with Gasteiger partial charge in [-0.1, -0.05) is 18.2 Å². The van der Waals surface area contributed by atoms with Gasteiger partial charge in [-0.05, 0) is 67.6 Å². The number of allylic oxidation sites excluding steroid dienone is 2. The first-order valence-electron chi connectivity index (χ1n) is 17.4. The maximum Gasteiger partial charge on any atom is 0.339 e. The van der Waals surface area contributed by atoms with Crippen LogP contribution in [0.3, 0.4) is 0 Å². The molecule has 0 spiro atoms. The lowest BCUT2D eigenvalue weighted by atomic mass is 9.92. The van der Waals surface area contributed by atoms with E-state index in [1.165, 1.54) is 49.4 Å². The highest BCUT2D eigenvalue weighted by Crippen LogP contribution is 2.35. The van der Waals surface area contributed by atoms with Gasteiger partial charge >= 0.3 is 11.9 Å². The molecular formula is C38H26N8O14S2. The average molecular weight is 883 g/mol. The predicted octanol–water partition coefficient (Wildman–Crippen LogP) is 3.46. The topological polar surface area (TPSA) is 344 Å². The van der Waals surface area contributed by atoms with Gasteiger partial charge in [0.2, 0.25) is 11.6 Å². The van der Waals surface area contributed by atoms with Gasteiger partial charge < -0.3 is 26.2 Å². The number of carboxylic acid groups (broad SMARTS) is 2. The first-order valence-corrected chi connectivity index (χ1v) is 20.2. The molecule has 1 amide bonds. The van der Waals surface area contributed by atoms with E-state index in [2.05, 4.69) is 36.4 Å². The van der Waals surface area contributed by atoms with E-state index < -0.39 is 88.2 Å². The number of anilines is 2. The SMILES string of the molecule is CC1=NN(c2ccc3c(c2)C(S(=O)(=O)O)=CC(=O)/C3=N/N=C2/C(=O)C=C(NNc3ccc(O)c(C(=O)O)c3)c3cc(S(=O)(=O)O)ccc32)C(=O)C1N=Nc1ccccc1C(=O)O. The third kappa shape index (κ3) is 8.11. The number of carbonyl (C=O) groups excluding carboxylic acids is 3. The number of azo groups is 1. The Hall–Kier alpha value is -8.06. The van der Waals surface area contributed by atoms with E-state index in [9.17, 15) is 65.2 Å². The van der Waals surface area contributed by atoms with Crippen LogP contribution in [0.15, 0.2) is 121 Å². The summed E-state index contributed by atoms with van der Waals surface area (Å²) in [6, 6.07) is 14.4. The summed E-state index contributed by atoms with van der Waals surface area (Å²) in [5, 5.41) is 49.6. The van der Waals surface area contributed by atoms with Crippen LogP contribution in [0.4, 0.5) is 17.1 Å². The standard InChI is InChI=1S/C38H26N8O14S2/c1-17-33(42-40-27-5-3-2-4-23(27)37(51)52)36(50)46(45-17)19-7-9-22-25(13-19)32(62(58,59)60)16-31(49)35(22)44-43-34-21-10-8-20(61(55,56)57)14-24(21)28(15-30(34)48)41-39-18-6-11-29(47)26(12-18)38(53)54/h2-16,33,39,41,47H,1H3,(H,51,52)(H,53,54)(H,55,56,57)(H,58,59,60)/b42-40?,43-34+,44-35+. The second kappa shape index (κ2) is 15.8. The molecule has 22 nitrogen and oxygen atoms in total. The van der Waals surface area contributed by atoms with Crippen LogP contribution in [0, 0.1) is 0 Å². The average Bonchev–Trinajstić information content (AvgIpc) is 3.50. The lowest BCUT2D eigenvalue weighted by Gasteiger charge is -2.21. The molecule has 7 rings (SSSR count). The third-order valence-corrected chi connectivity index (χ3v) is 11.0. The third-order valence-electron chi connectivity index (χ3n) is 9.21. The van der Waals surface area contributed by atoms with Gasteiger partial charge in [0.15, 0.2) is 6.04 Å². The lowest BCUT2D eigenvalue weighted by Crippen LogP contribution is -2.30. The fourth-order valence-electron chi connectivity index (χ4n) is 6.28. The van der Waals surface area contributed by atoms with Crippen LogP contribution in [-0.2, 0) is 34.6 Å². The number of carboxylic acids is 2. The van der Waals surface area contributed by atoms with Crippen molar-refractivity contribution in [2.75, 3.05) is 10.4 Å². The number of benzene rings is 4. The number of amides is 1. The number of ketones is 2. The Balaban J connectivity index is 1.25. The number of nitrogens with zero attached hydrogens (tertiary/aromatic N) is 6. The fraction of sp³-hybridized carbons (Fsp3) is 0.0526. The molecule has 1 atom stereocenters. The van der Waals surface area contributed by atoms with Gasteiger partial charge in [-0.25, -0.2) is 9.59 Å². The van der Waals surface area contributed by atoms with Gasteiger partial charge in [0.25, 0.3) is 26.1 Å². The summed E-state index contributed by atoms with van der Waals surface area (Å²) >= 11 is 0. The fourth-order valence-corrected chi connectivity index (χ4v) is 7.49. The summed E-state index contributed by atoms with van der Waals surface area (Å²) in [6.07, 6.45) is 1.48. The van der Waals surface area contributed by atoms with Crippen LogP contribution in [0.2, 0.25) is 0 Å². The van der Waals surface area contributed by atoms with Crippen molar-refractivity contribution in [3.05, 3.63) is 124 Å². The highest BCUT2D eigenvalue weighted by atomic mass is 32.2. The highest BCUT2D eigenvalue weighted by Gasteiger charge is 2.37. The van der Waals surface area contributed by atoms with E-state index in [0.717, 1.165) is 47.5 Å². The zero-order valence-electron chi connectivity index (χ0n) is 31.1. The second-order valence-corrected chi connectivity index (χ2v) is 16.0. The van der Waals surface area contributed by atoms with Crippen molar-refractivity contribution < 1.29 is 65.2 Å². The first-order chi connectivity index (χ1) is 29.2. The van der Waals surface area contributed by atoms with Crippen molar-refractivity contribution in [1.29, 1.82) is 0 Å². The van der Waals surface area contributed by atoms with E-state index in [0.29, 0.717) is 6.08 Å². The Morgan fingerprint density at radius 3 is 2.03 bits per heavy atom. The number of phenols is 1. The van der Waals surface area contributed by atoms with Crippen molar-refractivity contribution in [1.82, 2.24) is 5.43 Å². The number of rotatable bonds is 11. The van der Waals surface area contributed by atoms with Crippen molar-refractivity contribution in [3.63, 3.8) is 0 Å². The Morgan fingerprint density at radius 1 is 0.726 bits per heavy atom. The molecule has 3 aliphatic rings. The minimum atomic E-state index is -5.12. The zero-order valence-corrected chi connectivity index (χ0v) is 32.8. The summed E-state index contributed by atoms with van der Waals surface area (Å²) in [5.41, 5.74) is 2.92. The van der Waals surface area contributed by atoms with Gasteiger partial charge in [-0.15, -0.1) is 10.2 Å². The molecule has 0 fully saturated rings. The summed E-state index contributed by atoms with van der Waals surface area (Å²) in [7, 11) is -9.93. The molecule has 0 radical (unpaired) electrons. The number of hydrogen-bond acceptors (Lipinski definition) is 17. The molecule has 4 aromatic carbocycles. The maximum atomic E-state index is 13.6. The van der Waals surface area contributed by atoms with E-state index in [1.54, 1.807) is 0 Å². The smallest absolute Gasteiger partial charge is 0.339 e. The molecule has 0 bridgehead atoms. The monoisotopic (exact) mass is 882 g/mol. The van der Waals surface area contributed by atoms with Crippen molar-refractivity contribution in [2.24, 2.45) is 25.5 Å². The molecule has 0 aromatic heterocycles. The van der Waals surface area contributed by atoms with Crippen LogP contribution in [0.5, 0.6) is 5.75 Å². The summed E-state index contributed by atoms with van der Waals surface area (Å²) in [5.74, 6) is -5.99. The molecule has 1 heterocycles. The molecule has 4 aromatic rings. The quantitative estimate of drug-likeness (QED) is 0.0491. The number of fused-ring (bicyclic) bond motifs is 2. The molecule has 1 aliphatic heterocycles. The van der Waals surface area contributed by atoms with Gasteiger partial charge in [-0.2, -0.15) is 37.2 Å². The molecule has 0 saturated heterocycles. The van der Waals surface area contributed by atoms with Crippen LogP contribution in [0.1, 0.15) is 49.9 Å². The first kappa shape index (κ1) is 42.1. The van der Waals surface area contributed by atoms with Crippen molar-refractivity contribution >= 4 is 94.4 Å². The summed E-state index contributed by atoms with van der Waals surface area (Å²) < 4.78 is 69.1. The largest absolute Gasteiger partial charge is 0.507 e. The van der Waals surface area contributed by atoms with E-state index in [4.69, 9.17) is 0 Å². The predicted molar refractivity (Wildman–Crippen MR) is 217 cm³/mol. The van der Waals surface area contributed by atoms with Crippen LogP contribution in [0.25, 0.3) is 10.6 Å². The number of aromatic carboxylic acids is 2. The number of nitrogens with one attached hydrogen (secondary N) is 2. The van der Waals surface area contributed by atoms with Crippen LogP contribution >= 0.6 is 0 Å². The Kier molecular flexibility index (Phi) is 10.8. The molecule has 62 heavy (non-hydrogen) atoms. The van der Waals surface area contributed by atoms with Gasteiger partial charge in [0.05, 0.1) is 38.9 Å². The van der Waals surface area contributed by atoms with E-state index in [-0.39, 0.29) is 56.3 Å². The van der Waals surface area contributed by atoms with Gasteiger partial charge in [-0.3, -0.25) is 23.5 Å². The zero-order chi connectivity index (χ0) is 44.8. The number of hydrazine groups is 1. The molecule has 7 N–H and O–H groups in total. The van der Waals surface area contributed by atoms with Crippen molar-refractivity contribution in [3.8, 4) is 5.75 Å². The maximum absolute atomic E-state index is 13.6. The van der Waals surface area contributed by atoms with Crippen molar-refractivity contribution in [2.45, 2.75) is 17.9 Å². The Bertz CT molecular complexity index is 3140. The number of hydrogen-bond donors (Lipinski definition) is 7. The van der Waals surface area contributed by atoms with Crippen LogP contribution < -0.4 is 15.9 Å². The highest BCUT2D eigenvalue weighted by molar-refractivity contribution is 7.95. The molecule has 314 valence electrons. The number of hydrazone groups is 1. The second-order valence-electron chi connectivity index (χ2n) is 13.2. The Labute approximate surface area is 348 Å². The summed E-state index contributed by atoms with van der Waals surface area (Å²) in [6.45, 7) is 1.45. The Morgan fingerprint density at radius 2 is 1.37 bits per heavy atom. The molecule has 0 saturated carbocycles. The lowest BCUT2D eigenvalue weighted by molar-refractivity contribution is -0.118. The van der Waals surface area contributed by atoms with E-state index in [1.807, 2.05) is 0 Å². The van der Waals surface area contributed by atoms with E-state index >= 15 is 0 Å². The molecule has 2 aliphatic carbocycles. The molecular weight excluding hydrogens is 857 g/mol. The number of carbonyl (C=O) groups is 5. The minimum absolute atomic E-state index is 0.0366. The number of aromatic hydroxyl groups is 1.